The molecular formula is C11H17F3N4O. The topological polar surface area (TPSA) is 70.7 Å². The number of nitrogens with zero attached hydrogens (tertiary/aromatic N) is 2. The highest BCUT2D eigenvalue weighted by Crippen LogP contribution is 2.21. The van der Waals surface area contributed by atoms with Gasteiger partial charge >= 0.3 is 6.18 Å². The number of hydrogen-bond donors (Lipinski definition) is 2. The largest absolute Gasteiger partial charge is 0.389 e. The van der Waals surface area contributed by atoms with Gasteiger partial charge in [0.15, 0.2) is 0 Å². The van der Waals surface area contributed by atoms with Crippen LogP contribution in [0.4, 0.5) is 13.2 Å². The van der Waals surface area contributed by atoms with Gasteiger partial charge < -0.3 is 5.32 Å². The normalized spacial score (nSPS) is 11.9. The molecule has 0 aliphatic heterocycles. The van der Waals surface area contributed by atoms with E-state index in [4.69, 9.17) is 0 Å². The minimum Gasteiger partial charge on any atom is -0.349 e. The van der Waals surface area contributed by atoms with E-state index in [9.17, 15) is 18.0 Å². The van der Waals surface area contributed by atoms with Crippen molar-refractivity contribution < 1.29 is 18.0 Å². The van der Waals surface area contributed by atoms with Crippen LogP contribution in [0.3, 0.4) is 0 Å². The number of alkyl halides is 3. The standard InChI is InChI=1S/C11H17F3N4O/c1-7(2)8-16-9(18-17-8)10(19)15-6-4-3-5-11(12,13)14/h7H,3-6H2,1-2H3,(H,15,19)(H,16,17,18). The van der Waals surface area contributed by atoms with Crippen molar-refractivity contribution in [2.24, 2.45) is 0 Å². The van der Waals surface area contributed by atoms with Crippen LogP contribution in [0.1, 0.15) is 55.5 Å². The first-order valence-corrected chi connectivity index (χ1v) is 6.07. The summed E-state index contributed by atoms with van der Waals surface area (Å²) in [5, 5.41) is 8.87. The van der Waals surface area contributed by atoms with E-state index in [0.29, 0.717) is 5.82 Å². The van der Waals surface area contributed by atoms with Gasteiger partial charge in [0.25, 0.3) is 5.91 Å². The summed E-state index contributed by atoms with van der Waals surface area (Å²) >= 11 is 0. The Bertz CT molecular complexity index is 414. The van der Waals surface area contributed by atoms with Crippen molar-refractivity contribution in [3.8, 4) is 0 Å². The van der Waals surface area contributed by atoms with Gasteiger partial charge in [-0.1, -0.05) is 13.8 Å². The predicted octanol–water partition coefficient (Wildman–Crippen LogP) is 2.39. The Morgan fingerprint density at radius 1 is 1.37 bits per heavy atom. The summed E-state index contributed by atoms with van der Waals surface area (Å²) in [6.45, 7) is 3.99. The first kappa shape index (κ1) is 15.5. The summed E-state index contributed by atoms with van der Waals surface area (Å²) in [4.78, 5) is 15.6. The van der Waals surface area contributed by atoms with Crippen LogP contribution in [0.2, 0.25) is 0 Å². The van der Waals surface area contributed by atoms with Gasteiger partial charge in [-0.3, -0.25) is 9.89 Å². The van der Waals surface area contributed by atoms with Crippen molar-refractivity contribution in [1.29, 1.82) is 0 Å². The molecule has 1 amide bonds. The van der Waals surface area contributed by atoms with E-state index in [1.165, 1.54) is 0 Å². The molecular weight excluding hydrogens is 261 g/mol. The fourth-order valence-corrected chi connectivity index (χ4v) is 1.37. The summed E-state index contributed by atoms with van der Waals surface area (Å²) in [7, 11) is 0. The van der Waals surface area contributed by atoms with Crippen molar-refractivity contribution in [3.63, 3.8) is 0 Å². The molecule has 0 aromatic carbocycles. The van der Waals surface area contributed by atoms with Crippen LogP contribution >= 0.6 is 0 Å². The molecule has 1 aromatic rings. The summed E-state index contributed by atoms with van der Waals surface area (Å²) < 4.78 is 35.6. The number of hydrogen-bond acceptors (Lipinski definition) is 3. The molecule has 1 aromatic heterocycles. The number of unbranched alkanes of at least 4 members (excludes halogenated alkanes) is 1. The number of aromatic nitrogens is 3. The van der Waals surface area contributed by atoms with Gasteiger partial charge in [-0.25, -0.2) is 4.98 Å². The molecule has 1 rings (SSSR count). The maximum Gasteiger partial charge on any atom is 0.389 e. The third kappa shape index (κ3) is 5.71. The smallest absolute Gasteiger partial charge is 0.349 e. The van der Waals surface area contributed by atoms with Crippen molar-refractivity contribution >= 4 is 5.91 Å². The minimum atomic E-state index is -4.14. The quantitative estimate of drug-likeness (QED) is 0.785. The lowest BCUT2D eigenvalue weighted by atomic mass is 10.2. The number of nitrogens with one attached hydrogen (secondary N) is 2. The van der Waals surface area contributed by atoms with Crippen LogP contribution in [0.5, 0.6) is 0 Å². The molecule has 0 radical (unpaired) electrons. The number of H-pyrrole nitrogens is 1. The predicted molar refractivity (Wildman–Crippen MR) is 62.7 cm³/mol. The van der Waals surface area contributed by atoms with Crippen LogP contribution in [-0.4, -0.2) is 33.8 Å². The minimum absolute atomic E-state index is 0.00494. The summed E-state index contributed by atoms with van der Waals surface area (Å²) in [5.74, 6) is 0.262. The first-order valence-electron chi connectivity index (χ1n) is 6.07. The fraction of sp³-hybridized carbons (Fsp3) is 0.727. The molecule has 0 aliphatic rings. The fourth-order valence-electron chi connectivity index (χ4n) is 1.37. The third-order valence-electron chi connectivity index (χ3n) is 2.43. The van der Waals surface area contributed by atoms with Gasteiger partial charge in [-0.2, -0.15) is 13.2 Å². The van der Waals surface area contributed by atoms with Crippen LogP contribution in [0, 0.1) is 0 Å². The number of carbonyl (C=O) groups excluding carboxylic acids is 1. The van der Waals surface area contributed by atoms with Crippen LogP contribution < -0.4 is 5.32 Å². The Balaban J connectivity index is 2.27. The van der Waals surface area contributed by atoms with E-state index in [0.717, 1.165) is 0 Å². The zero-order chi connectivity index (χ0) is 14.5. The second kappa shape index (κ2) is 6.53. The molecule has 0 saturated carbocycles. The summed E-state index contributed by atoms with van der Waals surface area (Å²) in [6, 6.07) is 0. The highest BCUT2D eigenvalue weighted by molar-refractivity contribution is 5.90. The number of carbonyl (C=O) groups is 1. The zero-order valence-electron chi connectivity index (χ0n) is 10.8. The summed E-state index contributed by atoms with van der Waals surface area (Å²) in [6.07, 6.45) is -4.71. The monoisotopic (exact) mass is 278 g/mol. The molecule has 0 saturated heterocycles. The highest BCUT2D eigenvalue weighted by atomic mass is 19.4. The van der Waals surface area contributed by atoms with Crippen LogP contribution in [0.25, 0.3) is 0 Å². The van der Waals surface area contributed by atoms with Gasteiger partial charge in [-0.05, 0) is 12.8 Å². The molecule has 2 N–H and O–H groups in total. The average molecular weight is 278 g/mol. The van der Waals surface area contributed by atoms with Gasteiger partial charge in [0.2, 0.25) is 5.82 Å². The van der Waals surface area contributed by atoms with E-state index in [-0.39, 0.29) is 31.1 Å². The van der Waals surface area contributed by atoms with Gasteiger partial charge in [0.05, 0.1) is 0 Å². The maximum atomic E-state index is 11.9. The first-order chi connectivity index (χ1) is 8.79. The molecule has 0 fully saturated rings. The van der Waals surface area contributed by atoms with Gasteiger partial charge in [0, 0.05) is 18.9 Å². The second-order valence-electron chi connectivity index (χ2n) is 4.53. The van der Waals surface area contributed by atoms with E-state index in [2.05, 4.69) is 20.5 Å². The third-order valence-corrected chi connectivity index (χ3v) is 2.43. The molecule has 0 spiro atoms. The molecule has 0 bridgehead atoms. The molecule has 19 heavy (non-hydrogen) atoms. The lowest BCUT2D eigenvalue weighted by molar-refractivity contribution is -0.135. The molecule has 8 heteroatoms. The van der Waals surface area contributed by atoms with Gasteiger partial charge in [-0.15, -0.1) is 5.10 Å². The number of amides is 1. The number of rotatable bonds is 6. The van der Waals surface area contributed by atoms with Crippen molar-refractivity contribution in [2.75, 3.05) is 6.54 Å². The summed E-state index contributed by atoms with van der Waals surface area (Å²) in [5.41, 5.74) is 0. The van der Waals surface area contributed by atoms with Crippen LogP contribution in [0.15, 0.2) is 0 Å². The molecule has 5 nitrogen and oxygen atoms in total. The lowest BCUT2D eigenvalue weighted by Gasteiger charge is -2.05. The molecule has 0 atom stereocenters. The Morgan fingerprint density at radius 2 is 2.05 bits per heavy atom. The highest BCUT2D eigenvalue weighted by Gasteiger charge is 2.25. The maximum absolute atomic E-state index is 11.9. The Morgan fingerprint density at radius 3 is 2.58 bits per heavy atom. The molecule has 1 heterocycles. The average Bonchev–Trinajstić information content (AvgIpc) is 2.76. The SMILES string of the molecule is CC(C)c1nc(C(=O)NCCCCC(F)(F)F)n[nH]1. The molecule has 0 aliphatic carbocycles. The zero-order valence-corrected chi connectivity index (χ0v) is 10.8. The Hall–Kier alpha value is -1.60. The van der Waals surface area contributed by atoms with Crippen molar-refractivity contribution in [1.82, 2.24) is 20.5 Å². The van der Waals surface area contributed by atoms with E-state index < -0.39 is 18.5 Å². The number of halogens is 3. The number of aromatic amines is 1. The van der Waals surface area contributed by atoms with E-state index in [1.54, 1.807) is 0 Å². The van der Waals surface area contributed by atoms with Gasteiger partial charge in [0.1, 0.15) is 5.82 Å². The Kier molecular flexibility index (Phi) is 5.31. The van der Waals surface area contributed by atoms with E-state index >= 15 is 0 Å². The lowest BCUT2D eigenvalue weighted by Crippen LogP contribution is -2.25. The Labute approximate surface area is 109 Å². The van der Waals surface area contributed by atoms with Crippen molar-refractivity contribution in [3.05, 3.63) is 11.6 Å². The van der Waals surface area contributed by atoms with Crippen molar-refractivity contribution in [2.45, 2.75) is 45.2 Å². The molecule has 0 unspecified atom stereocenters. The second-order valence-corrected chi connectivity index (χ2v) is 4.53. The van der Waals surface area contributed by atoms with E-state index in [1.807, 2.05) is 13.8 Å². The molecule has 108 valence electrons. The van der Waals surface area contributed by atoms with Crippen LogP contribution in [-0.2, 0) is 0 Å².